The molecule has 0 heterocycles. The van der Waals surface area contributed by atoms with Crippen LogP contribution >= 0.6 is 0 Å². The Morgan fingerprint density at radius 1 is 0.938 bits per heavy atom. The predicted octanol–water partition coefficient (Wildman–Crippen LogP) is 2.30. The highest BCUT2D eigenvalue weighted by molar-refractivity contribution is 6.66. The summed E-state index contributed by atoms with van der Waals surface area (Å²) in [7, 11) is 0. The van der Waals surface area contributed by atoms with Crippen LogP contribution in [-0.4, -0.2) is 12.0 Å². The van der Waals surface area contributed by atoms with E-state index in [-0.39, 0.29) is 12.7 Å². The minimum atomic E-state index is 0.00532. The van der Waals surface area contributed by atoms with Gasteiger partial charge in [0, 0.05) is 0 Å². The summed E-state index contributed by atoms with van der Waals surface area (Å²) in [5.41, 5.74) is 1.13. The number of hydrogen-bond acceptors (Lipinski definition) is 2. The van der Waals surface area contributed by atoms with Crippen LogP contribution < -0.4 is 10.1 Å². The molecule has 0 spiro atoms. The third-order valence-electron chi connectivity index (χ3n) is 2.42. The molecule has 0 aliphatic carbocycles. The van der Waals surface area contributed by atoms with E-state index in [0.29, 0.717) is 0 Å². The number of hydrogen-bond donors (Lipinski definition) is 1. The molecule has 0 bridgehead atoms. The highest BCUT2D eigenvalue weighted by Gasteiger charge is 2.12. The summed E-state index contributed by atoms with van der Waals surface area (Å²) >= 11 is 0. The molecule has 1 N–H and O–H groups in total. The summed E-state index contributed by atoms with van der Waals surface area (Å²) in [5.74, 6) is 1.01. The van der Waals surface area contributed by atoms with Gasteiger partial charge in [0.2, 0.25) is 0 Å². The second-order valence-electron chi connectivity index (χ2n) is 3.66. The molecular formula is C13H13BO2. The van der Waals surface area contributed by atoms with E-state index in [1.165, 1.54) is 0 Å². The zero-order valence-electron chi connectivity index (χ0n) is 9.13. The van der Waals surface area contributed by atoms with Gasteiger partial charge in [-0.2, -0.15) is 0 Å². The number of rotatable bonds is 3. The Morgan fingerprint density at radius 3 is 2.19 bits per heavy atom. The molecule has 0 aliphatic rings. The topological polar surface area (TPSA) is 29.5 Å². The van der Waals surface area contributed by atoms with Crippen LogP contribution in [0, 0.1) is 0 Å². The second-order valence-corrected chi connectivity index (χ2v) is 3.66. The van der Waals surface area contributed by atoms with Gasteiger partial charge in [-0.3, -0.25) is 0 Å². The van der Waals surface area contributed by atoms with Crippen LogP contribution in [0.2, 0.25) is 6.82 Å². The largest absolute Gasteiger partial charge is 0.556 e. The third-order valence-corrected chi connectivity index (χ3v) is 2.42. The van der Waals surface area contributed by atoms with Crippen molar-refractivity contribution in [3.8, 4) is 11.5 Å². The number of phenols is 1. The van der Waals surface area contributed by atoms with E-state index in [1.807, 2.05) is 37.2 Å². The Labute approximate surface area is 95.6 Å². The van der Waals surface area contributed by atoms with Crippen LogP contribution in [0.15, 0.2) is 54.6 Å². The van der Waals surface area contributed by atoms with Crippen molar-refractivity contribution in [3.05, 3.63) is 54.6 Å². The quantitative estimate of drug-likeness (QED) is 0.791. The van der Waals surface area contributed by atoms with Gasteiger partial charge in [-0.1, -0.05) is 30.3 Å². The van der Waals surface area contributed by atoms with E-state index in [2.05, 4.69) is 0 Å². The van der Waals surface area contributed by atoms with Gasteiger partial charge in [-0.15, -0.1) is 0 Å². The monoisotopic (exact) mass is 212 g/mol. The Kier molecular flexibility index (Phi) is 3.15. The fraction of sp³-hybridized carbons (Fsp3) is 0.0769. The normalized spacial score (nSPS) is 9.81. The van der Waals surface area contributed by atoms with Crippen molar-refractivity contribution >= 4 is 12.4 Å². The van der Waals surface area contributed by atoms with Crippen LogP contribution in [0.5, 0.6) is 11.5 Å². The second kappa shape index (κ2) is 4.75. The Morgan fingerprint density at radius 2 is 1.56 bits per heavy atom. The lowest BCUT2D eigenvalue weighted by Crippen LogP contribution is -2.32. The molecule has 2 rings (SSSR count). The van der Waals surface area contributed by atoms with E-state index in [4.69, 9.17) is 9.76 Å². The minimum absolute atomic E-state index is 0.00532. The van der Waals surface area contributed by atoms with E-state index in [9.17, 15) is 0 Å². The summed E-state index contributed by atoms with van der Waals surface area (Å²) in [6.45, 7) is 2.01. The first-order valence-electron chi connectivity index (χ1n) is 5.26. The zero-order chi connectivity index (χ0) is 11.4. The van der Waals surface area contributed by atoms with Gasteiger partial charge >= 0.3 is 6.92 Å². The van der Waals surface area contributed by atoms with Gasteiger partial charge in [0.1, 0.15) is 5.75 Å². The summed E-state index contributed by atoms with van der Waals surface area (Å²) in [5, 5.41) is 9.15. The molecule has 16 heavy (non-hydrogen) atoms. The van der Waals surface area contributed by atoms with Gasteiger partial charge in [0.25, 0.3) is 0 Å². The maximum absolute atomic E-state index is 9.15. The molecule has 0 saturated heterocycles. The van der Waals surface area contributed by atoms with Crippen molar-refractivity contribution in [1.82, 2.24) is 0 Å². The smallest absolute Gasteiger partial charge is 0.388 e. The standard InChI is InChI=1S/C13H13BO2/c1-14(11-5-3-2-4-6-11)16-13-9-7-12(15)8-10-13/h2-10,15H,1H3. The van der Waals surface area contributed by atoms with Crippen LogP contribution in [0.3, 0.4) is 0 Å². The van der Waals surface area contributed by atoms with Crippen LogP contribution in [0.4, 0.5) is 0 Å². The lowest BCUT2D eigenvalue weighted by Gasteiger charge is -2.11. The third kappa shape index (κ3) is 2.57. The van der Waals surface area contributed by atoms with Crippen molar-refractivity contribution in [2.45, 2.75) is 6.82 Å². The number of phenolic OH excluding ortho intramolecular Hbond substituents is 1. The summed E-state index contributed by atoms with van der Waals surface area (Å²) < 4.78 is 5.74. The number of benzene rings is 2. The van der Waals surface area contributed by atoms with E-state index >= 15 is 0 Å². The van der Waals surface area contributed by atoms with Crippen LogP contribution in [-0.2, 0) is 0 Å². The lowest BCUT2D eigenvalue weighted by molar-refractivity contribution is 0.473. The highest BCUT2D eigenvalue weighted by atomic mass is 16.4. The molecular weight excluding hydrogens is 199 g/mol. The molecule has 0 aliphatic heterocycles. The SMILES string of the molecule is CB(Oc1ccc(O)cc1)c1ccccc1. The predicted molar refractivity (Wildman–Crippen MR) is 66.4 cm³/mol. The molecule has 0 atom stereocenters. The van der Waals surface area contributed by atoms with Crippen molar-refractivity contribution in [3.63, 3.8) is 0 Å². The van der Waals surface area contributed by atoms with E-state index < -0.39 is 0 Å². The Hall–Kier alpha value is -1.90. The average molecular weight is 212 g/mol. The number of aromatic hydroxyl groups is 1. The molecule has 2 aromatic carbocycles. The zero-order valence-corrected chi connectivity index (χ0v) is 9.13. The van der Waals surface area contributed by atoms with Gasteiger partial charge < -0.3 is 9.76 Å². The summed E-state index contributed by atoms with van der Waals surface area (Å²) in [4.78, 5) is 0. The molecule has 0 unspecified atom stereocenters. The Balaban J connectivity index is 2.08. The fourth-order valence-electron chi connectivity index (χ4n) is 1.52. The molecule has 0 saturated carbocycles. The maximum Gasteiger partial charge on any atom is 0.388 e. The molecule has 2 aromatic rings. The first-order chi connectivity index (χ1) is 7.75. The van der Waals surface area contributed by atoms with E-state index in [0.717, 1.165) is 11.2 Å². The summed E-state index contributed by atoms with van der Waals surface area (Å²) in [6.07, 6.45) is 0. The molecule has 80 valence electrons. The molecule has 0 radical (unpaired) electrons. The minimum Gasteiger partial charge on any atom is -0.556 e. The van der Waals surface area contributed by atoms with Gasteiger partial charge in [-0.25, -0.2) is 0 Å². The first kappa shape index (κ1) is 10.6. The van der Waals surface area contributed by atoms with Gasteiger partial charge in [0.15, 0.2) is 0 Å². The van der Waals surface area contributed by atoms with Gasteiger partial charge in [-0.05, 0) is 36.6 Å². The Bertz CT molecular complexity index is 439. The molecule has 0 fully saturated rings. The fourth-order valence-corrected chi connectivity index (χ4v) is 1.52. The maximum atomic E-state index is 9.15. The molecule has 2 nitrogen and oxygen atoms in total. The molecule has 0 amide bonds. The first-order valence-corrected chi connectivity index (χ1v) is 5.26. The average Bonchev–Trinajstić information content (AvgIpc) is 2.33. The molecule has 0 aromatic heterocycles. The van der Waals surface area contributed by atoms with Crippen LogP contribution in [0.25, 0.3) is 0 Å². The lowest BCUT2D eigenvalue weighted by atomic mass is 9.64. The van der Waals surface area contributed by atoms with Crippen LogP contribution in [0.1, 0.15) is 0 Å². The van der Waals surface area contributed by atoms with Crippen molar-refractivity contribution in [2.24, 2.45) is 0 Å². The highest BCUT2D eigenvalue weighted by Crippen LogP contribution is 2.16. The van der Waals surface area contributed by atoms with Gasteiger partial charge in [0.05, 0.1) is 5.75 Å². The van der Waals surface area contributed by atoms with Crippen molar-refractivity contribution < 1.29 is 9.76 Å². The molecule has 3 heteroatoms. The van der Waals surface area contributed by atoms with Crippen molar-refractivity contribution in [2.75, 3.05) is 0 Å². The van der Waals surface area contributed by atoms with Crippen molar-refractivity contribution in [1.29, 1.82) is 0 Å². The summed E-state index contributed by atoms with van der Waals surface area (Å²) in [6, 6.07) is 16.8. The van der Waals surface area contributed by atoms with E-state index in [1.54, 1.807) is 24.3 Å².